The monoisotopic (exact) mass is 358 g/mol. The van der Waals surface area contributed by atoms with Gasteiger partial charge in [-0.05, 0) is 37.1 Å². The van der Waals surface area contributed by atoms with Gasteiger partial charge in [0.25, 0.3) is 0 Å². The van der Waals surface area contributed by atoms with Crippen LogP contribution in [0.3, 0.4) is 0 Å². The predicted molar refractivity (Wildman–Crippen MR) is 99.0 cm³/mol. The van der Waals surface area contributed by atoms with E-state index in [9.17, 15) is 14.4 Å². The Kier molecular flexibility index (Phi) is 5.15. The maximum atomic E-state index is 12.5. The SMILES string of the molecule is CC(=O)N1CCN(C(=O)N[C@@H]2CC(=O)N(c3ccc(C)c(C)c3)C2)CC1. The van der Waals surface area contributed by atoms with E-state index in [1.54, 1.807) is 21.6 Å². The van der Waals surface area contributed by atoms with Crippen molar-refractivity contribution in [2.45, 2.75) is 33.2 Å². The van der Waals surface area contributed by atoms with Crippen LogP contribution in [-0.4, -0.2) is 66.4 Å². The van der Waals surface area contributed by atoms with Crippen molar-refractivity contribution < 1.29 is 14.4 Å². The summed E-state index contributed by atoms with van der Waals surface area (Å²) < 4.78 is 0. The van der Waals surface area contributed by atoms with E-state index < -0.39 is 0 Å². The number of anilines is 1. The predicted octanol–water partition coefficient (Wildman–Crippen LogP) is 1.28. The lowest BCUT2D eigenvalue weighted by atomic mass is 10.1. The van der Waals surface area contributed by atoms with Crippen LogP contribution in [0.5, 0.6) is 0 Å². The molecule has 0 bridgehead atoms. The van der Waals surface area contributed by atoms with Crippen molar-refractivity contribution in [2.24, 2.45) is 0 Å². The molecule has 1 N–H and O–H groups in total. The van der Waals surface area contributed by atoms with Gasteiger partial charge in [-0.25, -0.2) is 4.79 Å². The van der Waals surface area contributed by atoms with Crippen molar-refractivity contribution in [3.05, 3.63) is 29.3 Å². The van der Waals surface area contributed by atoms with E-state index in [2.05, 4.69) is 5.32 Å². The molecule has 2 saturated heterocycles. The number of aryl methyl sites for hydroxylation is 2. The van der Waals surface area contributed by atoms with Gasteiger partial charge in [-0.2, -0.15) is 0 Å². The summed E-state index contributed by atoms with van der Waals surface area (Å²) in [5.74, 6) is 0.0652. The van der Waals surface area contributed by atoms with E-state index in [1.807, 2.05) is 32.0 Å². The zero-order valence-electron chi connectivity index (χ0n) is 15.6. The number of carbonyl (C=O) groups excluding carboxylic acids is 3. The smallest absolute Gasteiger partial charge is 0.317 e. The Bertz CT molecular complexity index is 725. The molecule has 1 aromatic carbocycles. The summed E-state index contributed by atoms with van der Waals surface area (Å²) in [6.45, 7) is 8.25. The summed E-state index contributed by atoms with van der Waals surface area (Å²) >= 11 is 0. The lowest BCUT2D eigenvalue weighted by molar-refractivity contribution is -0.130. The molecule has 3 rings (SSSR count). The minimum Gasteiger partial charge on any atom is -0.339 e. The number of benzene rings is 1. The van der Waals surface area contributed by atoms with E-state index in [4.69, 9.17) is 0 Å². The summed E-state index contributed by atoms with van der Waals surface area (Å²) in [5, 5.41) is 2.97. The van der Waals surface area contributed by atoms with Gasteiger partial charge in [0.1, 0.15) is 0 Å². The van der Waals surface area contributed by atoms with Crippen LogP contribution in [0.4, 0.5) is 10.5 Å². The van der Waals surface area contributed by atoms with Crippen LogP contribution >= 0.6 is 0 Å². The highest BCUT2D eigenvalue weighted by Gasteiger charge is 2.33. The van der Waals surface area contributed by atoms with Gasteiger partial charge in [0.15, 0.2) is 0 Å². The van der Waals surface area contributed by atoms with Gasteiger partial charge >= 0.3 is 6.03 Å². The first kappa shape index (κ1) is 18.2. The highest BCUT2D eigenvalue weighted by molar-refractivity contribution is 5.97. The van der Waals surface area contributed by atoms with E-state index in [1.165, 1.54) is 5.56 Å². The normalized spacial score (nSPS) is 20.5. The van der Waals surface area contributed by atoms with Crippen LogP contribution in [0.2, 0.25) is 0 Å². The van der Waals surface area contributed by atoms with Crippen LogP contribution in [0.25, 0.3) is 0 Å². The van der Waals surface area contributed by atoms with E-state index in [0.29, 0.717) is 39.1 Å². The molecule has 140 valence electrons. The summed E-state index contributed by atoms with van der Waals surface area (Å²) in [4.78, 5) is 41.4. The molecule has 7 nitrogen and oxygen atoms in total. The number of hydrogen-bond donors (Lipinski definition) is 1. The third kappa shape index (κ3) is 3.81. The number of hydrogen-bond acceptors (Lipinski definition) is 3. The quantitative estimate of drug-likeness (QED) is 0.866. The number of rotatable bonds is 2. The largest absolute Gasteiger partial charge is 0.339 e. The van der Waals surface area contributed by atoms with Crippen molar-refractivity contribution in [1.29, 1.82) is 0 Å². The maximum absolute atomic E-state index is 12.5. The number of nitrogens with zero attached hydrogens (tertiary/aromatic N) is 3. The zero-order valence-corrected chi connectivity index (χ0v) is 15.6. The number of piperazine rings is 1. The first-order chi connectivity index (χ1) is 12.3. The topological polar surface area (TPSA) is 73.0 Å². The molecule has 0 aromatic heterocycles. The van der Waals surface area contributed by atoms with Gasteiger partial charge in [0, 0.05) is 51.8 Å². The molecule has 1 atom stereocenters. The Morgan fingerprint density at radius 1 is 1.04 bits per heavy atom. The Balaban J connectivity index is 1.56. The average Bonchev–Trinajstić information content (AvgIpc) is 2.97. The zero-order chi connectivity index (χ0) is 18.8. The van der Waals surface area contributed by atoms with Crippen LogP contribution in [0.1, 0.15) is 24.5 Å². The highest BCUT2D eigenvalue weighted by Crippen LogP contribution is 2.24. The molecule has 26 heavy (non-hydrogen) atoms. The van der Waals surface area contributed by atoms with Gasteiger partial charge in [0.2, 0.25) is 11.8 Å². The van der Waals surface area contributed by atoms with Gasteiger partial charge in [-0.1, -0.05) is 6.07 Å². The molecular weight excluding hydrogens is 332 g/mol. The lowest BCUT2D eigenvalue weighted by Crippen LogP contribution is -2.54. The minimum atomic E-state index is -0.192. The molecule has 0 aliphatic carbocycles. The van der Waals surface area contributed by atoms with E-state index >= 15 is 0 Å². The van der Waals surface area contributed by atoms with Crippen molar-refractivity contribution in [3.63, 3.8) is 0 Å². The Morgan fingerprint density at radius 2 is 1.69 bits per heavy atom. The summed E-state index contributed by atoms with van der Waals surface area (Å²) in [5.41, 5.74) is 3.21. The van der Waals surface area contributed by atoms with Gasteiger partial charge < -0.3 is 20.0 Å². The molecule has 1 aromatic rings. The first-order valence-corrected chi connectivity index (χ1v) is 9.03. The van der Waals surface area contributed by atoms with Gasteiger partial charge in [0.05, 0.1) is 6.04 Å². The van der Waals surface area contributed by atoms with Crippen LogP contribution < -0.4 is 10.2 Å². The average molecular weight is 358 g/mol. The first-order valence-electron chi connectivity index (χ1n) is 9.03. The number of urea groups is 1. The molecule has 0 radical (unpaired) electrons. The molecule has 2 aliphatic heterocycles. The molecule has 2 fully saturated rings. The molecule has 0 unspecified atom stereocenters. The van der Waals surface area contributed by atoms with E-state index in [0.717, 1.165) is 11.3 Å². The van der Waals surface area contributed by atoms with Gasteiger partial charge in [-0.3, -0.25) is 9.59 Å². The second kappa shape index (κ2) is 7.35. The molecule has 7 heteroatoms. The second-order valence-corrected chi connectivity index (χ2v) is 7.12. The molecule has 0 saturated carbocycles. The van der Waals surface area contributed by atoms with Crippen molar-refractivity contribution in [1.82, 2.24) is 15.1 Å². The van der Waals surface area contributed by atoms with Crippen molar-refractivity contribution >= 4 is 23.5 Å². The molecular formula is C19H26N4O3. The molecule has 4 amide bonds. The fraction of sp³-hybridized carbons (Fsp3) is 0.526. The molecule has 2 aliphatic rings. The fourth-order valence-corrected chi connectivity index (χ4v) is 3.44. The van der Waals surface area contributed by atoms with Gasteiger partial charge in [-0.15, -0.1) is 0 Å². The van der Waals surface area contributed by atoms with E-state index in [-0.39, 0.29) is 23.9 Å². The summed E-state index contributed by atoms with van der Waals surface area (Å²) in [6, 6.07) is 5.62. The highest BCUT2D eigenvalue weighted by atomic mass is 16.2. The maximum Gasteiger partial charge on any atom is 0.317 e. The van der Waals surface area contributed by atoms with Crippen LogP contribution in [0.15, 0.2) is 18.2 Å². The van der Waals surface area contributed by atoms with Crippen molar-refractivity contribution in [3.8, 4) is 0 Å². The summed E-state index contributed by atoms with van der Waals surface area (Å²) in [7, 11) is 0. The second-order valence-electron chi connectivity index (χ2n) is 7.12. The number of nitrogens with one attached hydrogen (secondary N) is 1. The Morgan fingerprint density at radius 3 is 2.31 bits per heavy atom. The van der Waals surface area contributed by atoms with Crippen LogP contribution in [0, 0.1) is 13.8 Å². The van der Waals surface area contributed by atoms with Crippen LogP contribution in [-0.2, 0) is 9.59 Å². The third-order valence-electron chi connectivity index (χ3n) is 5.27. The minimum absolute atomic E-state index is 0.0277. The summed E-state index contributed by atoms with van der Waals surface area (Å²) in [6.07, 6.45) is 0.312. The van der Waals surface area contributed by atoms with Crippen molar-refractivity contribution in [2.75, 3.05) is 37.6 Å². The Hall–Kier alpha value is -2.57. The Labute approximate surface area is 153 Å². The lowest BCUT2D eigenvalue weighted by Gasteiger charge is -2.34. The number of amides is 4. The number of carbonyl (C=O) groups is 3. The third-order valence-corrected chi connectivity index (χ3v) is 5.27. The molecule has 2 heterocycles. The molecule has 0 spiro atoms. The fourth-order valence-electron chi connectivity index (χ4n) is 3.44. The standard InChI is InChI=1S/C19H26N4O3/c1-13-4-5-17(10-14(13)2)23-12-16(11-18(23)25)20-19(26)22-8-6-21(7-9-22)15(3)24/h4-5,10,16H,6-9,11-12H2,1-3H3,(H,20,26)/t16-/m1/s1.